The Morgan fingerprint density at radius 3 is 2.20 bits per heavy atom. The first-order chi connectivity index (χ1) is 6.70. The van der Waals surface area contributed by atoms with Crippen LogP contribution >= 0.6 is 0 Å². The van der Waals surface area contributed by atoms with E-state index in [4.69, 9.17) is 5.73 Å². The van der Waals surface area contributed by atoms with Gasteiger partial charge in [0.2, 0.25) is 0 Å². The molecule has 0 radical (unpaired) electrons. The summed E-state index contributed by atoms with van der Waals surface area (Å²) in [5.74, 6) is -4.24. The number of ether oxygens (including phenoxy) is 1. The lowest BCUT2D eigenvalue weighted by atomic mass is 10.0. The summed E-state index contributed by atoms with van der Waals surface area (Å²) in [5, 5.41) is 0. The molecule has 15 heavy (non-hydrogen) atoms. The highest BCUT2D eigenvalue weighted by atomic mass is 19.4. The number of halogens is 3. The van der Waals surface area contributed by atoms with Crippen LogP contribution in [0.25, 0.3) is 0 Å². The van der Waals surface area contributed by atoms with Crippen LogP contribution in [0, 0.1) is 5.92 Å². The summed E-state index contributed by atoms with van der Waals surface area (Å²) in [7, 11) is 0. The molecule has 4 nitrogen and oxygen atoms in total. The smallest absolute Gasteiger partial charge is 0.385 e. The summed E-state index contributed by atoms with van der Waals surface area (Å²) in [6.45, 7) is 3.29. The summed E-state index contributed by atoms with van der Waals surface area (Å²) in [6, 6.07) is -1.22. The summed E-state index contributed by atoms with van der Waals surface area (Å²) in [5.41, 5.74) is 5.27. The molecule has 0 aromatic rings. The molecule has 2 N–H and O–H groups in total. The van der Waals surface area contributed by atoms with Crippen LogP contribution in [0.4, 0.5) is 13.2 Å². The van der Waals surface area contributed by atoms with Gasteiger partial charge in [-0.2, -0.15) is 13.2 Å². The summed E-state index contributed by atoms with van der Waals surface area (Å²) < 4.78 is 38.6. The van der Waals surface area contributed by atoms with Gasteiger partial charge in [0.15, 0.2) is 0 Å². The summed E-state index contributed by atoms with van der Waals surface area (Å²) in [4.78, 5) is 21.2. The van der Waals surface area contributed by atoms with Gasteiger partial charge in [-0.05, 0) is 5.92 Å². The standard InChI is InChI=1S/C8H12F3NO3/c1-3-4(2)5(12)6(13)15-7(14)8(9,10)11/h4-5H,3,12H2,1-2H3. The van der Waals surface area contributed by atoms with Crippen LogP contribution < -0.4 is 5.73 Å². The Kier molecular flexibility index (Phi) is 4.73. The Morgan fingerprint density at radius 1 is 1.40 bits per heavy atom. The first-order valence-corrected chi connectivity index (χ1v) is 4.28. The molecule has 2 unspecified atom stereocenters. The van der Waals surface area contributed by atoms with Crippen LogP contribution in [0.2, 0.25) is 0 Å². The van der Waals surface area contributed by atoms with Crippen molar-refractivity contribution in [3.8, 4) is 0 Å². The van der Waals surface area contributed by atoms with Crippen LogP contribution in [0.5, 0.6) is 0 Å². The van der Waals surface area contributed by atoms with Gasteiger partial charge in [-0.1, -0.05) is 20.3 Å². The van der Waals surface area contributed by atoms with Crippen LogP contribution in [-0.4, -0.2) is 24.2 Å². The van der Waals surface area contributed by atoms with E-state index in [1.807, 2.05) is 0 Å². The number of esters is 2. The Balaban J connectivity index is 4.32. The molecule has 0 heterocycles. The van der Waals surface area contributed by atoms with Crippen molar-refractivity contribution >= 4 is 11.9 Å². The minimum Gasteiger partial charge on any atom is -0.385 e. The zero-order valence-electron chi connectivity index (χ0n) is 8.30. The highest BCUT2D eigenvalue weighted by molar-refractivity contribution is 5.90. The molecule has 0 saturated carbocycles. The molecule has 0 spiro atoms. The minimum atomic E-state index is -5.18. The third kappa shape index (κ3) is 4.28. The predicted molar refractivity (Wildman–Crippen MR) is 44.6 cm³/mol. The quantitative estimate of drug-likeness (QED) is 0.576. The Labute approximate surface area is 84.6 Å². The molecule has 0 aliphatic rings. The van der Waals surface area contributed by atoms with E-state index in [-0.39, 0.29) is 5.92 Å². The average molecular weight is 227 g/mol. The molecule has 88 valence electrons. The molecule has 0 rings (SSSR count). The van der Waals surface area contributed by atoms with E-state index < -0.39 is 24.2 Å². The van der Waals surface area contributed by atoms with E-state index in [2.05, 4.69) is 4.74 Å². The monoisotopic (exact) mass is 227 g/mol. The zero-order valence-corrected chi connectivity index (χ0v) is 8.30. The van der Waals surface area contributed by atoms with Gasteiger partial charge >= 0.3 is 18.1 Å². The second-order valence-corrected chi connectivity index (χ2v) is 3.12. The van der Waals surface area contributed by atoms with Gasteiger partial charge in [0.05, 0.1) is 0 Å². The lowest BCUT2D eigenvalue weighted by Gasteiger charge is -2.16. The van der Waals surface area contributed by atoms with Crippen molar-refractivity contribution in [2.75, 3.05) is 0 Å². The second kappa shape index (κ2) is 5.11. The van der Waals surface area contributed by atoms with Crippen molar-refractivity contribution < 1.29 is 27.5 Å². The third-order valence-electron chi connectivity index (χ3n) is 1.95. The highest BCUT2D eigenvalue weighted by Crippen LogP contribution is 2.17. The summed E-state index contributed by atoms with van der Waals surface area (Å²) in [6.07, 6.45) is -4.68. The molecule has 0 aliphatic heterocycles. The van der Waals surface area contributed by atoms with Crippen LogP contribution in [0.15, 0.2) is 0 Å². The molecule has 0 aliphatic carbocycles. The van der Waals surface area contributed by atoms with E-state index in [0.29, 0.717) is 6.42 Å². The number of rotatable bonds is 3. The van der Waals surface area contributed by atoms with Gasteiger partial charge in [-0.25, -0.2) is 9.59 Å². The van der Waals surface area contributed by atoms with Crippen molar-refractivity contribution in [2.45, 2.75) is 32.5 Å². The number of hydrogen-bond acceptors (Lipinski definition) is 4. The van der Waals surface area contributed by atoms with Gasteiger partial charge in [0.25, 0.3) is 0 Å². The molecule has 2 atom stereocenters. The zero-order chi connectivity index (χ0) is 12.2. The van der Waals surface area contributed by atoms with Crippen LogP contribution in [0.3, 0.4) is 0 Å². The SMILES string of the molecule is CCC(C)C(N)C(=O)OC(=O)C(F)(F)F. The molecule has 0 aromatic heterocycles. The van der Waals surface area contributed by atoms with Gasteiger partial charge < -0.3 is 10.5 Å². The fraction of sp³-hybridized carbons (Fsp3) is 0.750. The lowest BCUT2D eigenvalue weighted by molar-refractivity contribution is -0.202. The molecular formula is C8H12F3NO3. The van der Waals surface area contributed by atoms with Crippen molar-refractivity contribution in [3.63, 3.8) is 0 Å². The van der Waals surface area contributed by atoms with E-state index in [9.17, 15) is 22.8 Å². The molecular weight excluding hydrogens is 215 g/mol. The number of hydrogen-bond donors (Lipinski definition) is 1. The van der Waals surface area contributed by atoms with Gasteiger partial charge in [0.1, 0.15) is 6.04 Å². The van der Waals surface area contributed by atoms with Crippen molar-refractivity contribution in [1.29, 1.82) is 0 Å². The molecule has 7 heteroatoms. The van der Waals surface area contributed by atoms with Gasteiger partial charge in [0, 0.05) is 0 Å². The van der Waals surface area contributed by atoms with Crippen molar-refractivity contribution in [3.05, 3.63) is 0 Å². The number of alkyl halides is 3. The first-order valence-electron chi connectivity index (χ1n) is 4.28. The number of nitrogens with two attached hydrogens (primary N) is 1. The minimum absolute atomic E-state index is 0.349. The fourth-order valence-corrected chi connectivity index (χ4v) is 0.704. The Bertz CT molecular complexity index is 252. The fourth-order valence-electron chi connectivity index (χ4n) is 0.704. The van der Waals surface area contributed by atoms with Crippen molar-refractivity contribution in [1.82, 2.24) is 0 Å². The largest absolute Gasteiger partial charge is 0.491 e. The van der Waals surface area contributed by atoms with Crippen LogP contribution in [-0.2, 0) is 14.3 Å². The maximum Gasteiger partial charge on any atom is 0.491 e. The van der Waals surface area contributed by atoms with E-state index in [1.54, 1.807) is 13.8 Å². The van der Waals surface area contributed by atoms with Crippen LogP contribution in [0.1, 0.15) is 20.3 Å². The summed E-state index contributed by atoms with van der Waals surface area (Å²) >= 11 is 0. The Hall–Kier alpha value is -1.11. The molecule has 0 amide bonds. The number of carbonyl (C=O) groups is 2. The second-order valence-electron chi connectivity index (χ2n) is 3.12. The van der Waals surface area contributed by atoms with Gasteiger partial charge in [-0.15, -0.1) is 0 Å². The van der Waals surface area contributed by atoms with Gasteiger partial charge in [-0.3, -0.25) is 0 Å². The lowest BCUT2D eigenvalue weighted by Crippen LogP contribution is -2.41. The van der Waals surface area contributed by atoms with E-state index in [1.165, 1.54) is 0 Å². The molecule has 0 fully saturated rings. The predicted octanol–water partition coefficient (Wildman–Crippen LogP) is 0.992. The first kappa shape index (κ1) is 13.9. The highest BCUT2D eigenvalue weighted by Gasteiger charge is 2.43. The molecule has 0 aromatic carbocycles. The van der Waals surface area contributed by atoms with E-state index in [0.717, 1.165) is 0 Å². The number of carbonyl (C=O) groups excluding carboxylic acids is 2. The average Bonchev–Trinajstić information content (AvgIpc) is 2.13. The molecule has 0 bridgehead atoms. The normalized spacial score (nSPS) is 15.6. The Morgan fingerprint density at radius 2 is 1.87 bits per heavy atom. The van der Waals surface area contributed by atoms with E-state index >= 15 is 0 Å². The maximum absolute atomic E-state index is 11.7. The van der Waals surface area contributed by atoms with Crippen molar-refractivity contribution in [2.24, 2.45) is 11.7 Å². The third-order valence-corrected chi connectivity index (χ3v) is 1.95. The maximum atomic E-state index is 11.7. The molecule has 0 saturated heterocycles. The topological polar surface area (TPSA) is 69.4 Å².